The van der Waals surface area contributed by atoms with Crippen molar-refractivity contribution in [3.63, 3.8) is 0 Å². The Morgan fingerprint density at radius 2 is 2.19 bits per heavy atom. The van der Waals surface area contributed by atoms with E-state index in [4.69, 9.17) is 9.94 Å². The molecule has 5 nitrogen and oxygen atoms in total. The molecule has 1 aromatic rings. The largest absolute Gasteiger partial charge is 0.411 e. The van der Waals surface area contributed by atoms with E-state index < -0.39 is 13.0 Å². The van der Waals surface area contributed by atoms with Crippen molar-refractivity contribution in [2.75, 3.05) is 24.7 Å². The number of benzene rings is 1. The minimum atomic E-state index is -2.53. The number of carbonyl (C=O) groups is 1. The molecule has 2 rings (SSSR count). The van der Waals surface area contributed by atoms with E-state index in [1.807, 2.05) is 0 Å². The van der Waals surface area contributed by atoms with Gasteiger partial charge in [0.1, 0.15) is 6.61 Å². The molecule has 0 unspecified atom stereocenters. The summed E-state index contributed by atoms with van der Waals surface area (Å²) in [5, 5.41) is 12.2. The minimum absolute atomic E-state index is 0.0344. The van der Waals surface area contributed by atoms with E-state index in [1.54, 1.807) is 29.2 Å². The fourth-order valence-corrected chi connectivity index (χ4v) is 2.26. The van der Waals surface area contributed by atoms with Gasteiger partial charge in [0, 0.05) is 18.5 Å². The fraction of sp³-hybridized carbons (Fsp3) is 0.429. The third kappa shape index (κ3) is 3.75. The Kier molecular flexibility index (Phi) is 5.21. The van der Waals surface area contributed by atoms with Crippen LogP contribution in [0.5, 0.6) is 0 Å². The molecule has 0 radical (unpaired) electrons. The van der Waals surface area contributed by atoms with E-state index in [0.717, 1.165) is 0 Å². The van der Waals surface area contributed by atoms with E-state index in [0.29, 0.717) is 29.9 Å². The Morgan fingerprint density at radius 3 is 2.90 bits per heavy atom. The number of rotatable bonds is 5. The Bertz CT molecular complexity index is 535. The number of alkyl halides is 2. The van der Waals surface area contributed by atoms with Crippen LogP contribution in [0.2, 0.25) is 0 Å². The topological polar surface area (TPSA) is 62.1 Å². The molecule has 0 bridgehead atoms. The fourth-order valence-electron chi connectivity index (χ4n) is 2.26. The Balaban J connectivity index is 2.02. The van der Waals surface area contributed by atoms with Gasteiger partial charge in [0.15, 0.2) is 0 Å². The van der Waals surface area contributed by atoms with Crippen molar-refractivity contribution in [1.29, 1.82) is 0 Å². The van der Waals surface area contributed by atoms with Gasteiger partial charge in [-0.3, -0.25) is 4.79 Å². The summed E-state index contributed by atoms with van der Waals surface area (Å²) >= 11 is 0. The van der Waals surface area contributed by atoms with Crippen molar-refractivity contribution in [2.24, 2.45) is 5.16 Å². The maximum absolute atomic E-state index is 12.2. The number of anilines is 1. The molecule has 1 aromatic carbocycles. The number of nitrogens with zero attached hydrogens (tertiary/aromatic N) is 2. The van der Waals surface area contributed by atoms with Crippen LogP contribution in [-0.2, 0) is 9.53 Å². The highest BCUT2D eigenvalue weighted by molar-refractivity contribution is 6.11. The lowest BCUT2D eigenvalue weighted by atomic mass is 9.99. The van der Waals surface area contributed by atoms with Gasteiger partial charge in [-0.05, 0) is 6.07 Å². The number of fused-ring (bicyclic) bond motifs is 1. The summed E-state index contributed by atoms with van der Waals surface area (Å²) < 4.78 is 28.6. The van der Waals surface area contributed by atoms with Crippen LogP contribution >= 0.6 is 0 Å². The lowest BCUT2D eigenvalue weighted by molar-refractivity contribution is -0.120. The van der Waals surface area contributed by atoms with Gasteiger partial charge in [-0.15, -0.1) is 0 Å². The van der Waals surface area contributed by atoms with Gasteiger partial charge in [-0.2, -0.15) is 0 Å². The number of amides is 1. The van der Waals surface area contributed by atoms with Crippen molar-refractivity contribution < 1.29 is 23.5 Å². The zero-order valence-electron chi connectivity index (χ0n) is 11.3. The van der Waals surface area contributed by atoms with Crippen molar-refractivity contribution >= 4 is 17.3 Å². The average molecular weight is 298 g/mol. The van der Waals surface area contributed by atoms with Crippen molar-refractivity contribution in [3.8, 4) is 0 Å². The molecule has 1 amide bonds. The van der Waals surface area contributed by atoms with Gasteiger partial charge < -0.3 is 14.8 Å². The van der Waals surface area contributed by atoms with E-state index in [2.05, 4.69) is 5.16 Å². The molecule has 1 heterocycles. The second-order valence-electron chi connectivity index (χ2n) is 4.58. The lowest BCUT2D eigenvalue weighted by Crippen LogP contribution is -2.38. The second kappa shape index (κ2) is 7.12. The van der Waals surface area contributed by atoms with Gasteiger partial charge in [0.2, 0.25) is 5.91 Å². The number of ether oxygens (including phenoxy) is 1. The third-order valence-corrected chi connectivity index (χ3v) is 3.20. The van der Waals surface area contributed by atoms with Gasteiger partial charge in [-0.25, -0.2) is 8.78 Å². The number of hydrogen-bond donors (Lipinski definition) is 1. The van der Waals surface area contributed by atoms with Crippen LogP contribution < -0.4 is 4.90 Å². The second-order valence-corrected chi connectivity index (χ2v) is 4.58. The molecule has 0 aliphatic carbocycles. The van der Waals surface area contributed by atoms with Crippen LogP contribution in [0.15, 0.2) is 29.4 Å². The normalized spacial score (nSPS) is 16.3. The zero-order chi connectivity index (χ0) is 15.2. The first kappa shape index (κ1) is 15.4. The molecule has 7 heteroatoms. The summed E-state index contributed by atoms with van der Waals surface area (Å²) in [6.45, 7) is -0.307. The quantitative estimate of drug-likeness (QED) is 0.515. The van der Waals surface area contributed by atoms with E-state index >= 15 is 0 Å². The van der Waals surface area contributed by atoms with Crippen LogP contribution in [0, 0.1) is 0 Å². The van der Waals surface area contributed by atoms with Crippen LogP contribution in [-0.4, -0.2) is 43.0 Å². The molecule has 0 aromatic heterocycles. The highest BCUT2D eigenvalue weighted by Gasteiger charge is 2.25. The highest BCUT2D eigenvalue weighted by Crippen LogP contribution is 2.27. The van der Waals surface area contributed by atoms with Gasteiger partial charge in [0.25, 0.3) is 6.43 Å². The SMILES string of the molecule is O=C(CCOCC(F)F)N1CC/C(=N/O)c2ccccc21. The lowest BCUT2D eigenvalue weighted by Gasteiger charge is -2.29. The molecular formula is C14H16F2N2O3. The van der Waals surface area contributed by atoms with Crippen LogP contribution in [0.25, 0.3) is 0 Å². The number of halogens is 2. The summed E-state index contributed by atoms with van der Waals surface area (Å²) in [5.74, 6) is -0.200. The number of hydrogen-bond acceptors (Lipinski definition) is 4. The summed E-state index contributed by atoms with van der Waals surface area (Å²) in [7, 11) is 0. The predicted molar refractivity (Wildman–Crippen MR) is 73.2 cm³/mol. The zero-order valence-corrected chi connectivity index (χ0v) is 11.3. The first-order chi connectivity index (χ1) is 10.1. The number of oxime groups is 1. The molecular weight excluding hydrogens is 282 g/mol. The van der Waals surface area contributed by atoms with Crippen molar-refractivity contribution in [3.05, 3.63) is 29.8 Å². The Labute approximate surface area is 120 Å². The molecule has 1 N–H and O–H groups in total. The van der Waals surface area contributed by atoms with Crippen LogP contribution in [0.3, 0.4) is 0 Å². The number of para-hydroxylation sites is 1. The first-order valence-corrected chi connectivity index (χ1v) is 6.60. The van der Waals surface area contributed by atoms with Gasteiger partial charge in [0.05, 0.1) is 24.4 Å². The Hall–Kier alpha value is -2.02. The van der Waals surface area contributed by atoms with Gasteiger partial charge >= 0.3 is 0 Å². The summed E-state index contributed by atoms with van der Waals surface area (Å²) in [6, 6.07) is 7.12. The minimum Gasteiger partial charge on any atom is -0.411 e. The summed E-state index contributed by atoms with van der Waals surface area (Å²) in [6.07, 6.45) is -2.05. The molecule has 1 aliphatic heterocycles. The molecule has 0 saturated carbocycles. The smallest absolute Gasteiger partial charge is 0.261 e. The maximum atomic E-state index is 12.2. The van der Waals surface area contributed by atoms with E-state index in [9.17, 15) is 13.6 Å². The summed E-state index contributed by atoms with van der Waals surface area (Å²) in [5.41, 5.74) is 1.90. The third-order valence-electron chi connectivity index (χ3n) is 3.20. The molecule has 1 aliphatic rings. The van der Waals surface area contributed by atoms with E-state index in [-0.39, 0.29) is 18.9 Å². The first-order valence-electron chi connectivity index (χ1n) is 6.60. The van der Waals surface area contributed by atoms with E-state index in [1.165, 1.54) is 0 Å². The van der Waals surface area contributed by atoms with Gasteiger partial charge in [-0.1, -0.05) is 23.4 Å². The number of carbonyl (C=O) groups excluding carboxylic acids is 1. The molecule has 114 valence electrons. The molecule has 0 atom stereocenters. The van der Waals surface area contributed by atoms with Crippen LogP contribution in [0.4, 0.5) is 14.5 Å². The Morgan fingerprint density at radius 1 is 1.43 bits per heavy atom. The molecule has 21 heavy (non-hydrogen) atoms. The standard InChI is InChI=1S/C14H16F2N2O3/c15-13(16)9-21-8-6-14(19)18-7-5-11(17-20)10-3-1-2-4-12(10)18/h1-4,13,20H,5-9H2/b17-11-. The monoisotopic (exact) mass is 298 g/mol. The highest BCUT2D eigenvalue weighted by atomic mass is 19.3. The maximum Gasteiger partial charge on any atom is 0.261 e. The molecule has 0 fully saturated rings. The van der Waals surface area contributed by atoms with Crippen molar-refractivity contribution in [2.45, 2.75) is 19.3 Å². The van der Waals surface area contributed by atoms with Crippen molar-refractivity contribution in [1.82, 2.24) is 0 Å². The molecule has 0 spiro atoms. The molecule has 0 saturated heterocycles. The average Bonchev–Trinajstić information content (AvgIpc) is 2.50. The van der Waals surface area contributed by atoms with Crippen LogP contribution in [0.1, 0.15) is 18.4 Å². The predicted octanol–water partition coefficient (Wildman–Crippen LogP) is 2.27. The summed E-state index contributed by atoms with van der Waals surface area (Å²) in [4.78, 5) is 13.7.